The average Bonchev–Trinajstić information content (AvgIpc) is 3.10. The molecule has 8 nitrogen and oxygen atoms in total. The largest absolute Gasteiger partial charge is 0.342 e. The van der Waals surface area contributed by atoms with E-state index >= 15 is 0 Å². The fourth-order valence-corrected chi connectivity index (χ4v) is 3.60. The lowest BCUT2D eigenvalue weighted by atomic mass is 9.95. The summed E-state index contributed by atoms with van der Waals surface area (Å²) in [5, 5.41) is 10.2. The Bertz CT molecular complexity index is 882. The summed E-state index contributed by atoms with van der Waals surface area (Å²) in [5.74, 6) is 1.69. The summed E-state index contributed by atoms with van der Waals surface area (Å²) in [5.41, 5.74) is 0.600. The molecular weight excluding hydrogens is 352 g/mol. The van der Waals surface area contributed by atoms with Crippen LogP contribution in [-0.4, -0.2) is 48.4 Å². The molecule has 2 N–H and O–H groups in total. The van der Waals surface area contributed by atoms with Crippen LogP contribution in [0.25, 0.3) is 0 Å². The smallest absolute Gasteiger partial charge is 0.266 e. The van der Waals surface area contributed by atoms with Crippen molar-refractivity contribution in [2.75, 3.05) is 13.1 Å². The van der Waals surface area contributed by atoms with Crippen LogP contribution in [0, 0.1) is 10.7 Å². The number of carbonyl (C=O) groups is 1. The van der Waals surface area contributed by atoms with Crippen LogP contribution in [0.5, 0.6) is 0 Å². The molecule has 2 aromatic heterocycles. The Balaban J connectivity index is 1.58. The first kappa shape index (κ1) is 18.6. The standard InChI is InChI=1S/C17H26N6O2S/c1-11(2)10-23-15(25)9-13(20-23)8-14(24)22-6-4-12(5-7-22)16-18-19-17(26)21(16)3/h9,11-12,20H,4-8,10H2,1-3H3,(H,19,26). The van der Waals surface area contributed by atoms with E-state index in [-0.39, 0.29) is 17.9 Å². The summed E-state index contributed by atoms with van der Waals surface area (Å²) in [7, 11) is 1.91. The summed E-state index contributed by atoms with van der Waals surface area (Å²) >= 11 is 5.17. The van der Waals surface area contributed by atoms with Crippen molar-refractivity contribution in [1.82, 2.24) is 29.4 Å². The number of piperidine rings is 1. The van der Waals surface area contributed by atoms with Gasteiger partial charge in [-0.3, -0.25) is 24.5 Å². The van der Waals surface area contributed by atoms with Gasteiger partial charge in [0.1, 0.15) is 5.82 Å². The Hall–Kier alpha value is -2.16. The maximum atomic E-state index is 12.6. The topological polar surface area (TPSA) is 91.7 Å². The summed E-state index contributed by atoms with van der Waals surface area (Å²) in [6, 6.07) is 1.53. The van der Waals surface area contributed by atoms with Crippen LogP contribution >= 0.6 is 12.2 Å². The van der Waals surface area contributed by atoms with Crippen molar-refractivity contribution < 1.29 is 4.79 Å². The van der Waals surface area contributed by atoms with Gasteiger partial charge in [-0.25, -0.2) is 0 Å². The zero-order valence-corrected chi connectivity index (χ0v) is 16.3. The van der Waals surface area contributed by atoms with Gasteiger partial charge in [0.2, 0.25) is 5.91 Å². The molecule has 1 fully saturated rings. The number of amides is 1. The van der Waals surface area contributed by atoms with Gasteiger partial charge in [0.25, 0.3) is 5.56 Å². The van der Waals surface area contributed by atoms with E-state index in [1.54, 1.807) is 4.68 Å². The fourth-order valence-electron chi connectivity index (χ4n) is 3.47. The summed E-state index contributed by atoms with van der Waals surface area (Å²) in [6.07, 6.45) is 1.96. The molecule has 0 saturated carbocycles. The highest BCUT2D eigenvalue weighted by Gasteiger charge is 2.26. The van der Waals surface area contributed by atoms with Gasteiger partial charge in [-0.2, -0.15) is 5.10 Å². The molecule has 1 aliphatic heterocycles. The van der Waals surface area contributed by atoms with Gasteiger partial charge < -0.3 is 9.47 Å². The molecule has 1 amide bonds. The molecule has 2 aromatic rings. The predicted octanol–water partition coefficient (Wildman–Crippen LogP) is 1.57. The SMILES string of the molecule is CC(C)Cn1[nH]c(CC(=O)N2CCC(c3n[nH]c(=S)n3C)CC2)cc1=O. The summed E-state index contributed by atoms with van der Waals surface area (Å²) in [6.45, 7) is 6.12. The van der Waals surface area contributed by atoms with Crippen molar-refractivity contribution >= 4 is 18.1 Å². The fraction of sp³-hybridized carbons (Fsp3) is 0.647. The second kappa shape index (κ2) is 7.61. The Labute approximate surface area is 157 Å². The maximum Gasteiger partial charge on any atom is 0.266 e. The van der Waals surface area contributed by atoms with Crippen LogP contribution in [0.4, 0.5) is 0 Å². The summed E-state index contributed by atoms with van der Waals surface area (Å²) in [4.78, 5) is 26.4. The van der Waals surface area contributed by atoms with Gasteiger partial charge in [0.15, 0.2) is 4.77 Å². The monoisotopic (exact) mass is 378 g/mol. The van der Waals surface area contributed by atoms with Crippen molar-refractivity contribution in [3.05, 3.63) is 32.7 Å². The zero-order chi connectivity index (χ0) is 18.8. The number of hydrogen-bond donors (Lipinski definition) is 2. The third-order valence-electron chi connectivity index (χ3n) is 4.86. The molecule has 0 radical (unpaired) electrons. The average molecular weight is 379 g/mol. The summed E-state index contributed by atoms with van der Waals surface area (Å²) < 4.78 is 4.09. The van der Waals surface area contributed by atoms with E-state index in [0.29, 0.717) is 41.9 Å². The van der Waals surface area contributed by atoms with Gasteiger partial charge in [0, 0.05) is 44.4 Å². The van der Waals surface area contributed by atoms with E-state index in [2.05, 4.69) is 29.1 Å². The Morgan fingerprint density at radius 1 is 1.38 bits per heavy atom. The van der Waals surface area contributed by atoms with Gasteiger partial charge in [0.05, 0.1) is 6.42 Å². The van der Waals surface area contributed by atoms with Crippen LogP contribution in [0.1, 0.15) is 44.1 Å². The minimum atomic E-state index is -0.0778. The maximum absolute atomic E-state index is 12.6. The Morgan fingerprint density at radius 3 is 2.65 bits per heavy atom. The first-order chi connectivity index (χ1) is 12.3. The van der Waals surface area contributed by atoms with E-state index in [4.69, 9.17) is 12.2 Å². The zero-order valence-electron chi connectivity index (χ0n) is 15.5. The van der Waals surface area contributed by atoms with Crippen LogP contribution in [0.2, 0.25) is 0 Å². The first-order valence-corrected chi connectivity index (χ1v) is 9.43. The molecule has 0 aliphatic carbocycles. The van der Waals surface area contributed by atoms with Crippen molar-refractivity contribution in [3.8, 4) is 0 Å². The van der Waals surface area contributed by atoms with Crippen LogP contribution in [-0.2, 0) is 24.8 Å². The number of hydrogen-bond acceptors (Lipinski definition) is 4. The molecule has 1 aliphatic rings. The van der Waals surface area contributed by atoms with E-state index in [9.17, 15) is 9.59 Å². The lowest BCUT2D eigenvalue weighted by molar-refractivity contribution is -0.131. The lowest BCUT2D eigenvalue weighted by Crippen LogP contribution is -2.39. The van der Waals surface area contributed by atoms with E-state index in [1.165, 1.54) is 6.07 Å². The van der Waals surface area contributed by atoms with Crippen molar-refractivity contribution in [2.24, 2.45) is 13.0 Å². The van der Waals surface area contributed by atoms with Crippen molar-refractivity contribution in [1.29, 1.82) is 0 Å². The highest BCUT2D eigenvalue weighted by molar-refractivity contribution is 7.71. The quantitative estimate of drug-likeness (QED) is 0.773. The number of aromatic nitrogens is 5. The van der Waals surface area contributed by atoms with Gasteiger partial charge in [-0.15, -0.1) is 0 Å². The molecule has 0 unspecified atom stereocenters. The number of nitrogens with one attached hydrogen (secondary N) is 2. The third-order valence-corrected chi connectivity index (χ3v) is 5.22. The van der Waals surface area contributed by atoms with E-state index < -0.39 is 0 Å². The predicted molar refractivity (Wildman–Crippen MR) is 101 cm³/mol. The number of nitrogens with zero attached hydrogens (tertiary/aromatic N) is 4. The van der Waals surface area contributed by atoms with Crippen molar-refractivity contribution in [2.45, 2.75) is 45.6 Å². The van der Waals surface area contributed by atoms with E-state index in [0.717, 1.165) is 18.7 Å². The van der Waals surface area contributed by atoms with Gasteiger partial charge >= 0.3 is 0 Å². The lowest BCUT2D eigenvalue weighted by Gasteiger charge is -2.31. The minimum Gasteiger partial charge on any atom is -0.342 e. The second-order valence-electron chi connectivity index (χ2n) is 7.40. The Morgan fingerprint density at radius 2 is 2.08 bits per heavy atom. The molecule has 0 bridgehead atoms. The molecule has 3 heterocycles. The van der Waals surface area contributed by atoms with Gasteiger partial charge in [-0.1, -0.05) is 13.8 Å². The van der Waals surface area contributed by atoms with Gasteiger partial charge in [-0.05, 0) is 31.0 Å². The van der Waals surface area contributed by atoms with Crippen LogP contribution < -0.4 is 5.56 Å². The number of aromatic amines is 2. The highest BCUT2D eigenvalue weighted by atomic mass is 32.1. The minimum absolute atomic E-state index is 0.0526. The Kier molecular flexibility index (Phi) is 5.45. The number of rotatable bonds is 5. The van der Waals surface area contributed by atoms with Crippen molar-refractivity contribution in [3.63, 3.8) is 0 Å². The second-order valence-corrected chi connectivity index (χ2v) is 7.79. The highest BCUT2D eigenvalue weighted by Crippen LogP contribution is 2.26. The molecule has 142 valence electrons. The van der Waals surface area contributed by atoms with E-state index in [1.807, 2.05) is 16.5 Å². The normalized spacial score (nSPS) is 15.8. The molecule has 0 atom stereocenters. The molecule has 0 aromatic carbocycles. The third kappa shape index (κ3) is 3.98. The molecule has 9 heteroatoms. The molecule has 3 rings (SSSR count). The first-order valence-electron chi connectivity index (χ1n) is 9.03. The molecule has 1 saturated heterocycles. The van der Waals surface area contributed by atoms with Crippen LogP contribution in [0.3, 0.4) is 0 Å². The van der Waals surface area contributed by atoms with Crippen LogP contribution in [0.15, 0.2) is 10.9 Å². The molecule has 26 heavy (non-hydrogen) atoms. The molecule has 0 spiro atoms. The number of likely N-dealkylation sites (tertiary alicyclic amines) is 1. The molecular formula is C17H26N6O2S. The number of carbonyl (C=O) groups excluding carboxylic acids is 1. The number of H-pyrrole nitrogens is 2.